The molecule has 1 aromatic heterocycles. The van der Waals surface area contributed by atoms with Crippen LogP contribution in [0.3, 0.4) is 0 Å². The molecule has 0 saturated heterocycles. The zero-order valence-electron chi connectivity index (χ0n) is 12.4. The summed E-state index contributed by atoms with van der Waals surface area (Å²) >= 11 is 0. The molecule has 2 aromatic rings. The van der Waals surface area contributed by atoms with Crippen LogP contribution >= 0.6 is 0 Å². The van der Waals surface area contributed by atoms with Crippen LogP contribution in [0.1, 0.15) is 58.2 Å². The van der Waals surface area contributed by atoms with Crippen LogP contribution in [0.25, 0.3) is 10.9 Å². The predicted octanol–water partition coefficient (Wildman–Crippen LogP) is 5.34. The fourth-order valence-corrected chi connectivity index (χ4v) is 2.67. The SMILES string of the molecule is CCCCCc1c(C(C)(C)C)[nH]c2ccc(F)cc12. The van der Waals surface area contributed by atoms with Crippen LogP contribution in [0.4, 0.5) is 4.39 Å². The van der Waals surface area contributed by atoms with E-state index in [-0.39, 0.29) is 11.2 Å². The summed E-state index contributed by atoms with van der Waals surface area (Å²) in [6.45, 7) is 8.83. The van der Waals surface area contributed by atoms with Crippen molar-refractivity contribution < 1.29 is 4.39 Å². The van der Waals surface area contributed by atoms with Gasteiger partial charge in [0, 0.05) is 22.0 Å². The smallest absolute Gasteiger partial charge is 0.123 e. The monoisotopic (exact) mass is 261 g/mol. The Bertz CT molecular complexity index is 560. The molecule has 19 heavy (non-hydrogen) atoms. The Morgan fingerprint density at radius 3 is 2.53 bits per heavy atom. The Morgan fingerprint density at radius 1 is 1.16 bits per heavy atom. The molecule has 0 amide bonds. The van der Waals surface area contributed by atoms with Crippen LogP contribution < -0.4 is 0 Å². The molecule has 104 valence electrons. The molecule has 0 unspecified atom stereocenters. The van der Waals surface area contributed by atoms with E-state index in [2.05, 4.69) is 32.7 Å². The zero-order chi connectivity index (χ0) is 14.0. The van der Waals surface area contributed by atoms with Gasteiger partial charge in [0.05, 0.1) is 0 Å². The zero-order valence-corrected chi connectivity index (χ0v) is 12.4. The second kappa shape index (κ2) is 5.36. The number of aromatic amines is 1. The first kappa shape index (κ1) is 14.1. The van der Waals surface area contributed by atoms with Gasteiger partial charge in [0.15, 0.2) is 0 Å². The van der Waals surface area contributed by atoms with Gasteiger partial charge in [0.1, 0.15) is 5.82 Å². The first-order valence-electron chi connectivity index (χ1n) is 7.24. The van der Waals surface area contributed by atoms with Gasteiger partial charge < -0.3 is 4.98 Å². The summed E-state index contributed by atoms with van der Waals surface area (Å²) in [6, 6.07) is 5.05. The normalized spacial score (nSPS) is 12.3. The highest BCUT2D eigenvalue weighted by Crippen LogP contribution is 2.32. The van der Waals surface area contributed by atoms with Gasteiger partial charge in [-0.3, -0.25) is 0 Å². The highest BCUT2D eigenvalue weighted by atomic mass is 19.1. The Kier molecular flexibility index (Phi) is 3.98. The molecule has 0 radical (unpaired) electrons. The van der Waals surface area contributed by atoms with E-state index in [1.54, 1.807) is 6.07 Å². The van der Waals surface area contributed by atoms with E-state index in [1.165, 1.54) is 36.6 Å². The Hall–Kier alpha value is -1.31. The van der Waals surface area contributed by atoms with Crippen molar-refractivity contribution in [3.05, 3.63) is 35.3 Å². The minimum absolute atomic E-state index is 0.0665. The number of H-pyrrole nitrogens is 1. The molecule has 2 rings (SSSR count). The standard InChI is InChI=1S/C17H24FN/c1-5-6-7-8-13-14-11-12(18)9-10-15(14)19-16(13)17(2,3)4/h9-11,19H,5-8H2,1-4H3. The lowest BCUT2D eigenvalue weighted by Gasteiger charge is -2.19. The van der Waals surface area contributed by atoms with Gasteiger partial charge in [-0.25, -0.2) is 4.39 Å². The van der Waals surface area contributed by atoms with E-state index in [1.807, 2.05) is 6.07 Å². The lowest BCUT2D eigenvalue weighted by atomic mass is 9.87. The average molecular weight is 261 g/mol. The summed E-state index contributed by atoms with van der Waals surface area (Å²) in [5.74, 6) is -0.149. The number of benzene rings is 1. The highest BCUT2D eigenvalue weighted by Gasteiger charge is 2.22. The molecule has 0 aliphatic heterocycles. The van der Waals surface area contributed by atoms with Gasteiger partial charge in [0.25, 0.3) is 0 Å². The van der Waals surface area contributed by atoms with Crippen molar-refractivity contribution in [1.29, 1.82) is 0 Å². The minimum Gasteiger partial charge on any atom is -0.358 e. The van der Waals surface area contributed by atoms with Gasteiger partial charge in [-0.15, -0.1) is 0 Å². The summed E-state index contributed by atoms with van der Waals surface area (Å²) in [5, 5.41) is 1.06. The third kappa shape index (κ3) is 2.99. The number of aromatic nitrogens is 1. The maximum Gasteiger partial charge on any atom is 0.123 e. The Morgan fingerprint density at radius 2 is 1.89 bits per heavy atom. The molecule has 0 aliphatic carbocycles. The molecule has 1 N–H and O–H groups in total. The number of rotatable bonds is 4. The van der Waals surface area contributed by atoms with Crippen LogP contribution in [0, 0.1) is 5.82 Å². The fourth-order valence-electron chi connectivity index (χ4n) is 2.67. The molecular formula is C17H24FN. The predicted molar refractivity (Wildman–Crippen MR) is 80.2 cm³/mol. The van der Waals surface area contributed by atoms with E-state index >= 15 is 0 Å². The molecule has 1 heterocycles. The summed E-state index contributed by atoms with van der Waals surface area (Å²) in [5.41, 5.74) is 3.68. The van der Waals surface area contributed by atoms with Crippen molar-refractivity contribution in [1.82, 2.24) is 4.98 Å². The largest absolute Gasteiger partial charge is 0.358 e. The quantitative estimate of drug-likeness (QED) is 0.715. The molecular weight excluding hydrogens is 237 g/mol. The molecule has 2 heteroatoms. The summed E-state index contributed by atoms with van der Waals surface area (Å²) < 4.78 is 13.5. The topological polar surface area (TPSA) is 15.8 Å². The third-order valence-corrected chi connectivity index (χ3v) is 3.65. The number of aryl methyl sites for hydroxylation is 1. The number of nitrogens with one attached hydrogen (secondary N) is 1. The summed E-state index contributed by atoms with van der Waals surface area (Å²) in [6.07, 6.45) is 4.64. The molecule has 0 spiro atoms. The van der Waals surface area contributed by atoms with E-state index in [0.29, 0.717) is 0 Å². The maximum atomic E-state index is 13.5. The van der Waals surface area contributed by atoms with Crippen LogP contribution in [0.5, 0.6) is 0 Å². The van der Waals surface area contributed by atoms with Gasteiger partial charge in [-0.1, -0.05) is 40.5 Å². The molecule has 0 fully saturated rings. The van der Waals surface area contributed by atoms with E-state index in [4.69, 9.17) is 0 Å². The third-order valence-electron chi connectivity index (χ3n) is 3.65. The summed E-state index contributed by atoms with van der Waals surface area (Å²) in [4.78, 5) is 3.49. The number of fused-ring (bicyclic) bond motifs is 1. The summed E-state index contributed by atoms with van der Waals surface area (Å²) in [7, 11) is 0. The number of hydrogen-bond donors (Lipinski definition) is 1. The lowest BCUT2D eigenvalue weighted by Crippen LogP contribution is -2.14. The van der Waals surface area contributed by atoms with E-state index < -0.39 is 0 Å². The van der Waals surface area contributed by atoms with Crippen molar-refractivity contribution >= 4 is 10.9 Å². The molecule has 0 aliphatic rings. The number of unbranched alkanes of at least 4 members (excludes halogenated alkanes) is 2. The van der Waals surface area contributed by atoms with Crippen LogP contribution in [0.15, 0.2) is 18.2 Å². The molecule has 1 aromatic carbocycles. The first-order chi connectivity index (χ1) is 8.93. The molecule has 0 saturated carbocycles. The van der Waals surface area contributed by atoms with Crippen molar-refractivity contribution in [2.24, 2.45) is 0 Å². The fraction of sp³-hybridized carbons (Fsp3) is 0.529. The van der Waals surface area contributed by atoms with Crippen molar-refractivity contribution in [3.8, 4) is 0 Å². The van der Waals surface area contributed by atoms with Crippen molar-refractivity contribution in [2.45, 2.75) is 58.8 Å². The van der Waals surface area contributed by atoms with Crippen LogP contribution in [0.2, 0.25) is 0 Å². The Balaban J connectivity index is 2.50. The van der Waals surface area contributed by atoms with Crippen molar-refractivity contribution in [3.63, 3.8) is 0 Å². The van der Waals surface area contributed by atoms with Gasteiger partial charge in [-0.05, 0) is 36.6 Å². The number of hydrogen-bond acceptors (Lipinski definition) is 0. The second-order valence-electron chi connectivity index (χ2n) is 6.38. The van der Waals surface area contributed by atoms with E-state index in [9.17, 15) is 4.39 Å². The lowest BCUT2D eigenvalue weighted by molar-refractivity contribution is 0.563. The number of halogens is 1. The maximum absolute atomic E-state index is 13.5. The first-order valence-corrected chi connectivity index (χ1v) is 7.24. The molecule has 0 bridgehead atoms. The average Bonchev–Trinajstić information content (AvgIpc) is 2.68. The van der Waals surface area contributed by atoms with Crippen LogP contribution in [-0.2, 0) is 11.8 Å². The molecule has 1 nitrogen and oxygen atoms in total. The molecule has 0 atom stereocenters. The highest BCUT2D eigenvalue weighted by molar-refractivity contribution is 5.85. The van der Waals surface area contributed by atoms with E-state index in [0.717, 1.165) is 17.3 Å². The van der Waals surface area contributed by atoms with Gasteiger partial charge in [-0.2, -0.15) is 0 Å². The van der Waals surface area contributed by atoms with Gasteiger partial charge >= 0.3 is 0 Å². The second-order valence-corrected chi connectivity index (χ2v) is 6.38. The Labute approximate surface area is 115 Å². The van der Waals surface area contributed by atoms with Crippen molar-refractivity contribution in [2.75, 3.05) is 0 Å². The van der Waals surface area contributed by atoms with Crippen LogP contribution in [-0.4, -0.2) is 4.98 Å². The van der Waals surface area contributed by atoms with Gasteiger partial charge in [0.2, 0.25) is 0 Å². The minimum atomic E-state index is -0.149.